The number of anilines is 1. The van der Waals surface area contributed by atoms with E-state index < -0.39 is 6.10 Å². The largest absolute Gasteiger partial charge is 0.391 e. The number of aromatic nitrogens is 2. The summed E-state index contributed by atoms with van der Waals surface area (Å²) in [6.07, 6.45) is 2.75. The Morgan fingerprint density at radius 1 is 1.21 bits per heavy atom. The number of aliphatic hydroxyl groups is 1. The van der Waals surface area contributed by atoms with E-state index in [0.717, 1.165) is 42.1 Å². The number of fused-ring (bicyclic) bond motifs is 1. The van der Waals surface area contributed by atoms with Crippen LogP contribution in [0.2, 0.25) is 0 Å². The van der Waals surface area contributed by atoms with E-state index in [-0.39, 0.29) is 11.9 Å². The van der Waals surface area contributed by atoms with Gasteiger partial charge in [0.25, 0.3) is 0 Å². The van der Waals surface area contributed by atoms with Crippen LogP contribution in [0.5, 0.6) is 0 Å². The van der Waals surface area contributed by atoms with E-state index >= 15 is 0 Å². The number of halogens is 1. The standard InChI is InChI=1S/C18H21FN4O/c1-22-7-6-16-15(10-22)18(21-11-20-16)23-9-14(24)8-17(23)12-2-4-13(19)5-3-12/h2-5,11,14,17,24H,6-10H2,1H3. The van der Waals surface area contributed by atoms with Crippen molar-refractivity contribution < 1.29 is 9.50 Å². The number of likely N-dealkylation sites (N-methyl/N-ethyl adjacent to an activating group) is 1. The summed E-state index contributed by atoms with van der Waals surface area (Å²) in [4.78, 5) is 13.4. The molecular weight excluding hydrogens is 307 g/mol. The van der Waals surface area contributed by atoms with Gasteiger partial charge in [0.1, 0.15) is 18.0 Å². The number of hydrogen-bond donors (Lipinski definition) is 1. The average molecular weight is 328 g/mol. The Morgan fingerprint density at radius 2 is 2.00 bits per heavy atom. The fraction of sp³-hybridized carbons (Fsp3) is 0.444. The highest BCUT2D eigenvalue weighted by Crippen LogP contribution is 2.38. The average Bonchev–Trinajstić information content (AvgIpc) is 2.96. The minimum absolute atomic E-state index is 0.00633. The van der Waals surface area contributed by atoms with Crippen LogP contribution in [-0.4, -0.2) is 46.2 Å². The maximum Gasteiger partial charge on any atom is 0.137 e. The quantitative estimate of drug-likeness (QED) is 0.913. The molecule has 2 aromatic rings. The van der Waals surface area contributed by atoms with Gasteiger partial charge < -0.3 is 14.9 Å². The fourth-order valence-electron chi connectivity index (χ4n) is 3.76. The molecular formula is C18H21FN4O. The topological polar surface area (TPSA) is 52.5 Å². The minimum Gasteiger partial charge on any atom is -0.391 e. The second-order valence-corrected chi connectivity index (χ2v) is 6.72. The number of benzene rings is 1. The second kappa shape index (κ2) is 6.11. The lowest BCUT2D eigenvalue weighted by molar-refractivity contribution is 0.194. The molecule has 0 bridgehead atoms. The van der Waals surface area contributed by atoms with Crippen LogP contribution in [0.3, 0.4) is 0 Å². The third kappa shape index (κ3) is 2.76. The summed E-state index contributed by atoms with van der Waals surface area (Å²) in [6, 6.07) is 6.55. The van der Waals surface area contributed by atoms with E-state index in [1.165, 1.54) is 12.1 Å². The zero-order valence-electron chi connectivity index (χ0n) is 13.7. The number of nitrogens with zero attached hydrogens (tertiary/aromatic N) is 4. The van der Waals surface area contributed by atoms with Crippen molar-refractivity contribution in [3.63, 3.8) is 0 Å². The molecule has 0 spiro atoms. The number of rotatable bonds is 2. The smallest absolute Gasteiger partial charge is 0.137 e. The molecule has 1 fully saturated rings. The number of β-amino-alcohol motifs (C(OH)–C–C–N with tert-alkyl or cyclic N) is 1. The molecule has 5 nitrogen and oxygen atoms in total. The fourth-order valence-corrected chi connectivity index (χ4v) is 3.76. The van der Waals surface area contributed by atoms with Gasteiger partial charge in [-0.25, -0.2) is 14.4 Å². The Labute approximate surface area is 140 Å². The van der Waals surface area contributed by atoms with Crippen LogP contribution in [0.15, 0.2) is 30.6 Å². The summed E-state index contributed by atoms with van der Waals surface area (Å²) in [7, 11) is 2.09. The molecule has 1 aromatic heterocycles. The van der Waals surface area contributed by atoms with Crippen LogP contribution in [0.1, 0.15) is 29.3 Å². The first-order chi connectivity index (χ1) is 11.6. The lowest BCUT2D eigenvalue weighted by Crippen LogP contribution is -2.32. The van der Waals surface area contributed by atoms with Crippen molar-refractivity contribution in [2.45, 2.75) is 31.5 Å². The van der Waals surface area contributed by atoms with E-state index in [1.54, 1.807) is 18.5 Å². The van der Waals surface area contributed by atoms with Gasteiger partial charge in [0, 0.05) is 31.6 Å². The molecule has 3 heterocycles. The van der Waals surface area contributed by atoms with Gasteiger partial charge >= 0.3 is 0 Å². The Bertz CT molecular complexity index is 736. The van der Waals surface area contributed by atoms with Gasteiger partial charge in [0.15, 0.2) is 0 Å². The van der Waals surface area contributed by atoms with E-state index in [1.807, 2.05) is 0 Å². The van der Waals surface area contributed by atoms with Crippen LogP contribution in [0.4, 0.5) is 10.2 Å². The van der Waals surface area contributed by atoms with Crippen LogP contribution in [0, 0.1) is 5.82 Å². The van der Waals surface area contributed by atoms with Gasteiger partial charge in [-0.05, 0) is 31.2 Å². The Kier molecular flexibility index (Phi) is 3.94. The maximum atomic E-state index is 13.2. The van der Waals surface area contributed by atoms with E-state index in [4.69, 9.17) is 0 Å². The van der Waals surface area contributed by atoms with Gasteiger partial charge in [0.05, 0.1) is 17.8 Å². The first kappa shape index (κ1) is 15.5. The number of hydrogen-bond acceptors (Lipinski definition) is 5. The Balaban J connectivity index is 1.73. The van der Waals surface area contributed by atoms with Crippen LogP contribution in [-0.2, 0) is 13.0 Å². The molecule has 1 N–H and O–H groups in total. The predicted molar refractivity (Wildman–Crippen MR) is 89.2 cm³/mol. The van der Waals surface area contributed by atoms with Crippen molar-refractivity contribution >= 4 is 5.82 Å². The summed E-state index contributed by atoms with van der Waals surface area (Å²) in [5.74, 6) is 0.655. The molecule has 126 valence electrons. The summed E-state index contributed by atoms with van der Waals surface area (Å²) < 4.78 is 13.2. The van der Waals surface area contributed by atoms with Crippen LogP contribution in [0.25, 0.3) is 0 Å². The molecule has 0 radical (unpaired) electrons. The molecule has 0 aliphatic carbocycles. The summed E-state index contributed by atoms with van der Waals surface area (Å²) in [5, 5.41) is 10.2. The van der Waals surface area contributed by atoms with E-state index in [2.05, 4.69) is 26.8 Å². The lowest BCUT2D eigenvalue weighted by atomic mass is 10.0. The first-order valence-corrected chi connectivity index (χ1v) is 8.33. The summed E-state index contributed by atoms with van der Waals surface area (Å²) >= 11 is 0. The van der Waals surface area contributed by atoms with Gasteiger partial charge in [-0.2, -0.15) is 0 Å². The molecule has 2 aliphatic rings. The number of aliphatic hydroxyl groups excluding tert-OH is 1. The summed E-state index contributed by atoms with van der Waals surface area (Å²) in [5.41, 5.74) is 3.24. The molecule has 1 aromatic carbocycles. The van der Waals surface area contributed by atoms with Crippen molar-refractivity contribution in [3.05, 3.63) is 53.2 Å². The molecule has 0 amide bonds. The molecule has 2 aliphatic heterocycles. The molecule has 6 heteroatoms. The lowest BCUT2D eigenvalue weighted by Gasteiger charge is -2.31. The zero-order chi connectivity index (χ0) is 16.7. The summed E-state index contributed by atoms with van der Waals surface area (Å²) in [6.45, 7) is 2.34. The normalized spacial score (nSPS) is 24.2. The molecule has 4 rings (SSSR count). The zero-order valence-corrected chi connectivity index (χ0v) is 13.7. The second-order valence-electron chi connectivity index (χ2n) is 6.72. The molecule has 1 saturated heterocycles. The molecule has 0 saturated carbocycles. The maximum absolute atomic E-state index is 13.2. The molecule has 2 atom stereocenters. The highest BCUT2D eigenvalue weighted by molar-refractivity contribution is 5.53. The highest BCUT2D eigenvalue weighted by Gasteiger charge is 2.35. The van der Waals surface area contributed by atoms with Crippen molar-refractivity contribution in [3.8, 4) is 0 Å². The highest BCUT2D eigenvalue weighted by atomic mass is 19.1. The third-order valence-electron chi connectivity index (χ3n) is 4.98. The van der Waals surface area contributed by atoms with Gasteiger partial charge in [-0.15, -0.1) is 0 Å². The Hall–Kier alpha value is -2.05. The van der Waals surface area contributed by atoms with Crippen molar-refractivity contribution in [1.82, 2.24) is 14.9 Å². The van der Waals surface area contributed by atoms with E-state index in [0.29, 0.717) is 13.0 Å². The minimum atomic E-state index is -0.410. The monoisotopic (exact) mass is 328 g/mol. The van der Waals surface area contributed by atoms with Crippen molar-refractivity contribution in [2.75, 3.05) is 25.0 Å². The molecule has 2 unspecified atom stereocenters. The van der Waals surface area contributed by atoms with E-state index in [9.17, 15) is 9.50 Å². The first-order valence-electron chi connectivity index (χ1n) is 8.33. The van der Waals surface area contributed by atoms with Crippen LogP contribution < -0.4 is 4.90 Å². The third-order valence-corrected chi connectivity index (χ3v) is 4.98. The SMILES string of the molecule is CN1CCc2ncnc(N3CC(O)CC3c3ccc(F)cc3)c2C1. The van der Waals surface area contributed by atoms with Gasteiger partial charge in [-0.3, -0.25) is 0 Å². The Morgan fingerprint density at radius 3 is 2.79 bits per heavy atom. The molecule has 24 heavy (non-hydrogen) atoms. The van der Waals surface area contributed by atoms with Gasteiger partial charge in [0.2, 0.25) is 0 Å². The van der Waals surface area contributed by atoms with Crippen molar-refractivity contribution in [1.29, 1.82) is 0 Å². The predicted octanol–water partition coefficient (Wildman–Crippen LogP) is 1.92. The van der Waals surface area contributed by atoms with Gasteiger partial charge in [-0.1, -0.05) is 12.1 Å². The van der Waals surface area contributed by atoms with Crippen molar-refractivity contribution in [2.24, 2.45) is 0 Å². The van der Waals surface area contributed by atoms with Crippen LogP contribution >= 0.6 is 0 Å².